The predicted molar refractivity (Wildman–Crippen MR) is 202 cm³/mol. The van der Waals surface area contributed by atoms with Crippen molar-refractivity contribution in [1.29, 1.82) is 0 Å². The van der Waals surface area contributed by atoms with Gasteiger partial charge in [-0.1, -0.05) is 64.3 Å². The fraction of sp³-hybridized carbons (Fsp3) is 0.907. The normalized spacial score (nSPS) is 50.2. The van der Waals surface area contributed by atoms with Crippen LogP contribution in [0, 0.1) is 45.3 Å². The lowest BCUT2D eigenvalue weighted by atomic mass is 9.34. The second-order valence-corrected chi connectivity index (χ2v) is 19.4. The van der Waals surface area contributed by atoms with Gasteiger partial charge in [0.25, 0.3) is 0 Å². The molecule has 2 aliphatic heterocycles. The molecule has 6 fully saturated rings. The van der Waals surface area contributed by atoms with Gasteiger partial charge in [-0.2, -0.15) is 0 Å². The fourth-order valence-corrected chi connectivity index (χ4v) is 12.8. The van der Waals surface area contributed by atoms with Gasteiger partial charge in [-0.3, -0.25) is 0 Å². The van der Waals surface area contributed by atoms with Crippen molar-refractivity contribution in [3.63, 3.8) is 0 Å². The number of methoxy groups -OCH3 is 1. The molecule has 0 radical (unpaired) electrons. The van der Waals surface area contributed by atoms with Gasteiger partial charge >= 0.3 is 0 Å². The lowest BCUT2D eigenvalue weighted by Crippen LogP contribution is -2.68. The molecule has 0 aromatic carbocycles. The first-order valence-electron chi connectivity index (χ1n) is 20.4. The van der Waals surface area contributed by atoms with Crippen LogP contribution >= 0.6 is 0 Å². The number of allylic oxidation sites excluding steroid dienone is 4. The molecule has 0 spiro atoms. The third-order valence-corrected chi connectivity index (χ3v) is 15.4. The van der Waals surface area contributed by atoms with Gasteiger partial charge in [0.15, 0.2) is 12.6 Å². The SMILES string of the molecule is CC(C)=CC/C=C(/C)[C@H]1CC[C@]2(C)[C@@H]1[C@H](O)C[C@@H]1[C@@]3(C)CCCC(C)(C)[C@@H]3[C@@H](O[C@H]3C[C@@H](O)C[C@@H](C)O3)C[C@]12C.CO[C@H]1O[C@@H](C)[C@H](O)[C@@H](O)[C@@H]1O. The summed E-state index contributed by atoms with van der Waals surface area (Å²) in [6.07, 6.45) is 9.28. The number of aliphatic hydroxyl groups excluding tert-OH is 5. The molecule has 0 amide bonds. The summed E-state index contributed by atoms with van der Waals surface area (Å²) in [5.41, 5.74) is 3.25. The number of hydrogen-bond acceptors (Lipinski definition) is 9. The van der Waals surface area contributed by atoms with E-state index in [1.54, 1.807) is 6.92 Å². The molecule has 52 heavy (non-hydrogen) atoms. The Morgan fingerprint density at radius 1 is 0.808 bits per heavy atom. The first kappa shape index (κ1) is 42.3. The Morgan fingerprint density at radius 3 is 2.13 bits per heavy atom. The number of aliphatic hydroxyl groups is 5. The molecule has 9 nitrogen and oxygen atoms in total. The number of ether oxygens (including phenoxy) is 4. The van der Waals surface area contributed by atoms with E-state index in [4.69, 9.17) is 18.9 Å². The van der Waals surface area contributed by atoms with Crippen molar-refractivity contribution in [1.82, 2.24) is 0 Å². The van der Waals surface area contributed by atoms with Crippen LogP contribution in [0.25, 0.3) is 0 Å². The van der Waals surface area contributed by atoms with E-state index in [0.717, 1.165) is 19.3 Å². The number of hydrogen-bond donors (Lipinski definition) is 5. The Labute approximate surface area is 314 Å². The van der Waals surface area contributed by atoms with E-state index < -0.39 is 30.7 Å². The zero-order valence-corrected chi connectivity index (χ0v) is 34.2. The van der Waals surface area contributed by atoms with Crippen LogP contribution in [0.4, 0.5) is 0 Å². The van der Waals surface area contributed by atoms with E-state index in [1.165, 1.54) is 50.4 Å². The molecule has 0 bridgehead atoms. The molecule has 9 heteroatoms. The highest BCUT2D eigenvalue weighted by Gasteiger charge is 2.71. The third kappa shape index (κ3) is 7.75. The molecule has 300 valence electrons. The van der Waals surface area contributed by atoms with Crippen molar-refractivity contribution >= 4 is 0 Å². The average molecular weight is 735 g/mol. The van der Waals surface area contributed by atoms with Crippen LogP contribution < -0.4 is 0 Å². The van der Waals surface area contributed by atoms with Crippen LogP contribution in [0.3, 0.4) is 0 Å². The molecule has 0 aromatic rings. The van der Waals surface area contributed by atoms with E-state index in [-0.39, 0.29) is 52.4 Å². The van der Waals surface area contributed by atoms with Gasteiger partial charge in [0.05, 0.1) is 30.5 Å². The fourth-order valence-electron chi connectivity index (χ4n) is 12.8. The molecule has 5 N–H and O–H groups in total. The topological polar surface area (TPSA) is 138 Å². The maximum Gasteiger partial charge on any atom is 0.186 e. The minimum absolute atomic E-state index is 0.0230. The molecule has 17 atom stereocenters. The molecule has 2 heterocycles. The smallest absolute Gasteiger partial charge is 0.186 e. The first-order valence-corrected chi connectivity index (χ1v) is 20.4. The molecule has 0 aromatic heterocycles. The highest BCUT2D eigenvalue weighted by Crippen LogP contribution is 2.76. The standard InChI is InChI=1S/C36H60O4.C7H14O5/c1-22(2)12-10-13-23(3)26-14-17-35(8)31(26)27(38)20-29-34(7)16-11-15-33(5,6)32(34)28(21-36(29,35)9)40-30-19-25(37)18-24(4)39-30;1-3-4(8)5(9)6(10)7(11-2)12-3/h12-13,24-32,37-38H,10-11,14-21H2,1-9H3;3-10H,1-2H3/b23-13-;/t24-,25+,26-,27-,28+,29-,30+,31+,32+,34-,35-,36-;3-,4-,5+,6-,7-/m10/s1. The molecule has 4 aliphatic carbocycles. The second kappa shape index (κ2) is 15.9. The predicted octanol–water partition coefficient (Wildman–Crippen LogP) is 6.68. The second-order valence-electron chi connectivity index (χ2n) is 19.4. The van der Waals surface area contributed by atoms with Crippen LogP contribution in [0.2, 0.25) is 0 Å². The van der Waals surface area contributed by atoms with Crippen molar-refractivity contribution in [3.8, 4) is 0 Å². The molecule has 0 unspecified atom stereocenters. The number of fused-ring (bicyclic) bond motifs is 5. The van der Waals surface area contributed by atoms with Crippen LogP contribution in [-0.2, 0) is 18.9 Å². The third-order valence-electron chi connectivity index (χ3n) is 15.4. The van der Waals surface area contributed by atoms with Gasteiger partial charge in [-0.05, 0) is 131 Å². The summed E-state index contributed by atoms with van der Waals surface area (Å²) in [4.78, 5) is 0. The van der Waals surface area contributed by atoms with Crippen molar-refractivity contribution in [2.75, 3.05) is 7.11 Å². The van der Waals surface area contributed by atoms with Crippen molar-refractivity contribution in [3.05, 3.63) is 23.3 Å². The Morgan fingerprint density at radius 2 is 1.50 bits per heavy atom. The van der Waals surface area contributed by atoms with E-state index in [1.807, 2.05) is 0 Å². The lowest BCUT2D eigenvalue weighted by Gasteiger charge is -2.71. The Kier molecular flexibility index (Phi) is 13.0. The Bertz CT molecular complexity index is 1260. The summed E-state index contributed by atoms with van der Waals surface area (Å²) in [5, 5.41) is 50.4. The molecule has 6 rings (SSSR count). The van der Waals surface area contributed by atoms with E-state index in [9.17, 15) is 25.5 Å². The van der Waals surface area contributed by atoms with Gasteiger partial charge < -0.3 is 44.5 Å². The number of rotatable bonds is 6. The lowest BCUT2D eigenvalue weighted by molar-refractivity contribution is -0.305. The molecular formula is C43H74O9. The highest BCUT2D eigenvalue weighted by atomic mass is 16.7. The van der Waals surface area contributed by atoms with Crippen LogP contribution in [0.5, 0.6) is 0 Å². The molecular weight excluding hydrogens is 660 g/mol. The Balaban J connectivity index is 0.000000370. The summed E-state index contributed by atoms with van der Waals surface area (Å²) in [6, 6.07) is 0. The van der Waals surface area contributed by atoms with Crippen LogP contribution in [0.1, 0.15) is 133 Å². The minimum atomic E-state index is -1.21. The zero-order valence-electron chi connectivity index (χ0n) is 34.2. The summed E-state index contributed by atoms with van der Waals surface area (Å²) in [5.74, 6) is 1.64. The van der Waals surface area contributed by atoms with Gasteiger partial charge in [-0.15, -0.1) is 0 Å². The first-order chi connectivity index (χ1) is 24.2. The minimum Gasteiger partial charge on any atom is -0.393 e. The van der Waals surface area contributed by atoms with Gasteiger partial charge in [-0.25, -0.2) is 0 Å². The zero-order chi connectivity index (χ0) is 38.6. The summed E-state index contributed by atoms with van der Waals surface area (Å²) < 4.78 is 23.2. The van der Waals surface area contributed by atoms with Gasteiger partial charge in [0, 0.05) is 13.5 Å². The molecule has 4 saturated carbocycles. The molecule has 6 aliphatic rings. The van der Waals surface area contributed by atoms with Crippen molar-refractivity contribution < 1.29 is 44.5 Å². The highest BCUT2D eigenvalue weighted by molar-refractivity contribution is 5.24. The van der Waals surface area contributed by atoms with Crippen molar-refractivity contribution in [2.24, 2.45) is 45.3 Å². The Hall–Kier alpha value is -0.880. The van der Waals surface area contributed by atoms with E-state index in [0.29, 0.717) is 36.5 Å². The van der Waals surface area contributed by atoms with Gasteiger partial charge in [0.2, 0.25) is 0 Å². The van der Waals surface area contributed by atoms with E-state index in [2.05, 4.69) is 74.5 Å². The van der Waals surface area contributed by atoms with Crippen molar-refractivity contribution in [2.45, 2.75) is 195 Å². The largest absolute Gasteiger partial charge is 0.393 e. The maximum absolute atomic E-state index is 12.0. The summed E-state index contributed by atoms with van der Waals surface area (Å²) >= 11 is 0. The summed E-state index contributed by atoms with van der Waals surface area (Å²) in [6.45, 7) is 22.9. The van der Waals surface area contributed by atoms with Gasteiger partial charge in [0.1, 0.15) is 18.3 Å². The van der Waals surface area contributed by atoms with Crippen LogP contribution in [-0.4, -0.2) is 94.1 Å². The average Bonchev–Trinajstić information content (AvgIpc) is 3.42. The molecule has 2 saturated heterocycles. The van der Waals surface area contributed by atoms with Crippen LogP contribution in [0.15, 0.2) is 23.3 Å². The van der Waals surface area contributed by atoms with E-state index >= 15 is 0 Å². The quantitative estimate of drug-likeness (QED) is 0.150. The monoisotopic (exact) mass is 735 g/mol. The summed E-state index contributed by atoms with van der Waals surface area (Å²) in [7, 11) is 1.37. The maximum atomic E-state index is 12.0.